The van der Waals surface area contributed by atoms with Crippen LogP contribution >= 0.6 is 0 Å². The predicted molar refractivity (Wildman–Crippen MR) is 60.4 cm³/mol. The van der Waals surface area contributed by atoms with E-state index in [-0.39, 0.29) is 6.04 Å². The van der Waals surface area contributed by atoms with Gasteiger partial charge in [0, 0.05) is 18.1 Å². The summed E-state index contributed by atoms with van der Waals surface area (Å²) in [6.45, 7) is 0. The lowest BCUT2D eigenvalue weighted by molar-refractivity contribution is 0.619. The lowest BCUT2D eigenvalue weighted by Crippen LogP contribution is -2.02. The molecule has 0 saturated heterocycles. The third-order valence-corrected chi connectivity index (χ3v) is 3.03. The highest BCUT2D eigenvalue weighted by atomic mass is 16.3. The van der Waals surface area contributed by atoms with Crippen molar-refractivity contribution in [2.45, 2.75) is 18.9 Å². The lowest BCUT2D eigenvalue weighted by atomic mass is 10.1. The van der Waals surface area contributed by atoms with Crippen LogP contribution in [0.25, 0.3) is 5.69 Å². The minimum absolute atomic E-state index is 0.331. The van der Waals surface area contributed by atoms with E-state index in [0.29, 0.717) is 0 Å². The maximum Gasteiger partial charge on any atom is 0.150 e. The molecule has 2 aromatic rings. The van der Waals surface area contributed by atoms with Crippen molar-refractivity contribution in [3.8, 4) is 5.69 Å². The van der Waals surface area contributed by atoms with E-state index in [9.17, 15) is 4.91 Å². The minimum atomic E-state index is -0.331. The van der Waals surface area contributed by atoms with Gasteiger partial charge in [0.25, 0.3) is 0 Å². The van der Waals surface area contributed by atoms with Crippen molar-refractivity contribution < 1.29 is 0 Å². The Hall–Kier alpha value is -1.97. The van der Waals surface area contributed by atoms with E-state index in [0.717, 1.165) is 24.4 Å². The van der Waals surface area contributed by atoms with Crippen LogP contribution in [0.15, 0.2) is 41.8 Å². The maximum atomic E-state index is 10.8. The van der Waals surface area contributed by atoms with Crippen molar-refractivity contribution in [2.75, 3.05) is 0 Å². The van der Waals surface area contributed by atoms with Crippen molar-refractivity contribution in [1.29, 1.82) is 0 Å². The molecule has 80 valence electrons. The largest absolute Gasteiger partial charge is 0.302 e. The van der Waals surface area contributed by atoms with Gasteiger partial charge in [0.05, 0.1) is 0 Å². The van der Waals surface area contributed by atoms with Crippen molar-refractivity contribution in [1.82, 2.24) is 9.55 Å². The van der Waals surface area contributed by atoms with Gasteiger partial charge >= 0.3 is 0 Å². The molecule has 0 radical (unpaired) electrons. The van der Waals surface area contributed by atoms with Crippen molar-refractivity contribution in [3.05, 3.63) is 53.0 Å². The van der Waals surface area contributed by atoms with Gasteiger partial charge in [-0.2, -0.15) is 4.91 Å². The summed E-state index contributed by atoms with van der Waals surface area (Å²) in [7, 11) is 0. The van der Waals surface area contributed by atoms with Gasteiger partial charge in [0.15, 0.2) is 6.04 Å². The molecule has 1 atom stereocenters. The third kappa shape index (κ3) is 1.26. The van der Waals surface area contributed by atoms with E-state index in [4.69, 9.17) is 0 Å². The zero-order valence-electron chi connectivity index (χ0n) is 8.71. The van der Waals surface area contributed by atoms with Crippen LogP contribution in [0.5, 0.6) is 0 Å². The van der Waals surface area contributed by atoms with Gasteiger partial charge in [-0.25, -0.2) is 4.98 Å². The minimum Gasteiger partial charge on any atom is -0.302 e. The number of hydrogen-bond acceptors (Lipinski definition) is 3. The Kier molecular flexibility index (Phi) is 2.06. The first-order valence-corrected chi connectivity index (χ1v) is 5.34. The van der Waals surface area contributed by atoms with Gasteiger partial charge in [-0.05, 0) is 24.5 Å². The van der Waals surface area contributed by atoms with E-state index in [1.165, 1.54) is 5.56 Å². The van der Waals surface area contributed by atoms with Crippen LogP contribution in [0.4, 0.5) is 0 Å². The van der Waals surface area contributed by atoms with E-state index in [2.05, 4.69) is 16.2 Å². The molecule has 0 saturated carbocycles. The third-order valence-electron chi connectivity index (χ3n) is 3.03. The number of hydrogen-bond donors (Lipinski definition) is 0. The number of nitrogens with zero attached hydrogens (tertiary/aromatic N) is 3. The first-order valence-electron chi connectivity index (χ1n) is 5.34. The Morgan fingerprint density at radius 1 is 1.38 bits per heavy atom. The number of rotatable bonds is 1. The zero-order valence-corrected chi connectivity index (χ0v) is 8.71. The molecule has 0 fully saturated rings. The number of aryl methyl sites for hydroxylation is 1. The van der Waals surface area contributed by atoms with Crippen LogP contribution < -0.4 is 0 Å². The standard InChI is InChI=1S/C12H11N3O/c16-14-10-6-5-9-3-1-2-4-11(9)15-8-7-13-12(10)15/h1-4,7-8,10H,5-6H2. The Morgan fingerprint density at radius 3 is 3.12 bits per heavy atom. The first-order chi connectivity index (χ1) is 7.90. The molecule has 3 rings (SSSR count). The maximum absolute atomic E-state index is 10.8. The van der Waals surface area contributed by atoms with Gasteiger partial charge in [0.1, 0.15) is 5.82 Å². The molecule has 2 heterocycles. The number of para-hydroxylation sites is 1. The predicted octanol–water partition coefficient (Wildman–Crippen LogP) is 2.63. The molecule has 16 heavy (non-hydrogen) atoms. The number of benzene rings is 1. The van der Waals surface area contributed by atoms with E-state index in [1.807, 2.05) is 29.0 Å². The second kappa shape index (κ2) is 3.56. The van der Waals surface area contributed by atoms with Crippen LogP contribution in [0.3, 0.4) is 0 Å². The number of aromatic nitrogens is 2. The summed E-state index contributed by atoms with van der Waals surface area (Å²) >= 11 is 0. The fourth-order valence-corrected chi connectivity index (χ4v) is 2.24. The second-order valence-electron chi connectivity index (χ2n) is 3.94. The summed E-state index contributed by atoms with van der Waals surface area (Å²) in [5.74, 6) is 0.750. The highest BCUT2D eigenvalue weighted by Crippen LogP contribution is 2.30. The average Bonchev–Trinajstić information content (AvgIpc) is 2.74. The smallest absolute Gasteiger partial charge is 0.150 e. The molecule has 4 nitrogen and oxygen atoms in total. The highest BCUT2D eigenvalue weighted by molar-refractivity contribution is 5.43. The molecular weight excluding hydrogens is 202 g/mol. The highest BCUT2D eigenvalue weighted by Gasteiger charge is 2.23. The molecule has 0 spiro atoms. The normalized spacial score (nSPS) is 18.4. The van der Waals surface area contributed by atoms with Crippen LogP contribution in [-0.2, 0) is 6.42 Å². The summed E-state index contributed by atoms with van der Waals surface area (Å²) < 4.78 is 1.97. The van der Waals surface area contributed by atoms with Gasteiger partial charge < -0.3 is 4.57 Å². The monoisotopic (exact) mass is 213 g/mol. The van der Waals surface area contributed by atoms with Crippen LogP contribution in [0, 0.1) is 4.91 Å². The summed E-state index contributed by atoms with van der Waals surface area (Å²) in [6, 6.07) is 7.82. The molecule has 0 bridgehead atoms. The zero-order chi connectivity index (χ0) is 11.0. The average molecular weight is 213 g/mol. The summed E-state index contributed by atoms with van der Waals surface area (Å²) in [5, 5.41) is 3.17. The van der Waals surface area contributed by atoms with Crippen molar-refractivity contribution in [2.24, 2.45) is 5.18 Å². The molecule has 0 aliphatic carbocycles. The molecule has 1 aliphatic heterocycles. The fraction of sp³-hybridized carbons (Fsp3) is 0.250. The second-order valence-corrected chi connectivity index (χ2v) is 3.94. The van der Waals surface area contributed by atoms with Gasteiger partial charge in [-0.1, -0.05) is 23.4 Å². The molecule has 0 N–H and O–H groups in total. The summed E-state index contributed by atoms with van der Waals surface area (Å²) in [6.07, 6.45) is 5.21. The van der Waals surface area contributed by atoms with Crippen LogP contribution in [0.2, 0.25) is 0 Å². The van der Waals surface area contributed by atoms with E-state index >= 15 is 0 Å². The summed E-state index contributed by atoms with van der Waals surface area (Å²) in [5.41, 5.74) is 2.36. The van der Waals surface area contributed by atoms with Crippen LogP contribution in [0.1, 0.15) is 23.9 Å². The van der Waals surface area contributed by atoms with Crippen molar-refractivity contribution >= 4 is 0 Å². The van der Waals surface area contributed by atoms with Gasteiger partial charge in [-0.3, -0.25) is 0 Å². The molecule has 1 aromatic carbocycles. The van der Waals surface area contributed by atoms with Crippen molar-refractivity contribution in [3.63, 3.8) is 0 Å². The summed E-state index contributed by atoms with van der Waals surface area (Å²) in [4.78, 5) is 15.1. The lowest BCUT2D eigenvalue weighted by Gasteiger charge is -2.08. The Labute approximate surface area is 92.9 Å². The fourth-order valence-electron chi connectivity index (χ4n) is 2.24. The molecule has 1 aliphatic rings. The molecule has 4 heteroatoms. The molecule has 1 aromatic heterocycles. The number of imidazole rings is 1. The molecule has 0 amide bonds. The van der Waals surface area contributed by atoms with Gasteiger partial charge in [-0.15, -0.1) is 0 Å². The number of nitroso groups, excluding NO2 is 1. The van der Waals surface area contributed by atoms with E-state index in [1.54, 1.807) is 6.20 Å². The first kappa shape index (κ1) is 9.27. The SMILES string of the molecule is O=NC1CCc2ccccc2-n2ccnc21. The quantitative estimate of drug-likeness (QED) is 0.683. The Balaban J connectivity index is 2.23. The number of fused-ring (bicyclic) bond motifs is 3. The molecule has 1 unspecified atom stereocenters. The topological polar surface area (TPSA) is 47.2 Å². The Morgan fingerprint density at radius 2 is 2.25 bits per heavy atom. The van der Waals surface area contributed by atoms with Crippen LogP contribution in [-0.4, -0.2) is 9.55 Å². The van der Waals surface area contributed by atoms with E-state index < -0.39 is 0 Å². The van der Waals surface area contributed by atoms with Gasteiger partial charge in [0.2, 0.25) is 0 Å². The molecular formula is C12H11N3O. The Bertz CT molecular complexity index is 533.